The number of hydrogen-bond donors (Lipinski definition) is 6. The Kier molecular flexibility index (Phi) is 24.9. The van der Waals surface area contributed by atoms with Crippen molar-refractivity contribution >= 4 is 28.6 Å². The molecule has 0 radical (unpaired) electrons. The van der Waals surface area contributed by atoms with Gasteiger partial charge in [-0.15, -0.1) is 5.10 Å². The van der Waals surface area contributed by atoms with E-state index in [4.69, 9.17) is 33.2 Å². The molecule has 1 aromatic heterocycles. The van der Waals surface area contributed by atoms with Crippen LogP contribution in [-0.4, -0.2) is 199 Å². The van der Waals surface area contributed by atoms with Gasteiger partial charge in [0.05, 0.1) is 60.5 Å². The molecule has 0 aliphatic carbocycles. The average molecular weight is 1320 g/mol. The maximum atomic E-state index is 15.4. The second-order valence-electron chi connectivity index (χ2n) is 25.2. The molecular formula is C64H95F2IN6O13. The van der Waals surface area contributed by atoms with E-state index >= 15 is 4.39 Å². The molecule has 4 aromatic rings. The van der Waals surface area contributed by atoms with Crippen LogP contribution in [0, 0.1) is 23.6 Å². The van der Waals surface area contributed by atoms with Crippen LogP contribution in [0.2, 0.25) is 0 Å². The van der Waals surface area contributed by atoms with Crippen LogP contribution < -0.4 is 10.1 Å². The lowest BCUT2D eigenvalue weighted by Gasteiger charge is -2.49. The fourth-order valence-corrected chi connectivity index (χ4v) is 13.0. The van der Waals surface area contributed by atoms with Gasteiger partial charge < -0.3 is 73.8 Å². The van der Waals surface area contributed by atoms with E-state index in [9.17, 15) is 34.7 Å². The van der Waals surface area contributed by atoms with Crippen LogP contribution in [0.1, 0.15) is 106 Å². The minimum absolute atomic E-state index is 0.0877. The summed E-state index contributed by atoms with van der Waals surface area (Å²) in [5, 5.41) is 71.6. The maximum absolute atomic E-state index is 15.4. The first kappa shape index (κ1) is 69.6. The third kappa shape index (κ3) is 17.5. The number of benzene rings is 3. The van der Waals surface area contributed by atoms with Crippen molar-refractivity contribution in [2.75, 3.05) is 54.1 Å². The van der Waals surface area contributed by atoms with Crippen LogP contribution in [0.5, 0.6) is 5.75 Å². The summed E-state index contributed by atoms with van der Waals surface area (Å²) in [4.78, 5) is 18.3. The number of nitrogens with one attached hydrogen (secondary N) is 1. The number of carbonyl (C=O) groups excluding carboxylic acids is 1. The zero-order valence-electron chi connectivity index (χ0n) is 52.2. The highest BCUT2D eigenvalue weighted by Crippen LogP contribution is 2.41. The van der Waals surface area contributed by atoms with E-state index in [0.29, 0.717) is 76.3 Å². The zero-order valence-corrected chi connectivity index (χ0v) is 54.3. The number of likely N-dealkylation sites (N-methyl/N-ethyl adjacent to an activating group) is 2. The summed E-state index contributed by atoms with van der Waals surface area (Å²) in [6, 6.07) is 19.5. The molecule has 0 unspecified atom stereocenters. The van der Waals surface area contributed by atoms with Crippen molar-refractivity contribution in [2.24, 2.45) is 17.8 Å². The number of halogens is 3. The van der Waals surface area contributed by atoms with Crippen LogP contribution in [0.4, 0.5) is 8.78 Å². The molecule has 480 valence electrons. The van der Waals surface area contributed by atoms with Crippen molar-refractivity contribution in [1.29, 1.82) is 0 Å². The summed E-state index contributed by atoms with van der Waals surface area (Å²) in [7, 11) is 5.25. The number of aryl methyl sites for hydroxylation is 1. The molecule has 0 bridgehead atoms. The van der Waals surface area contributed by atoms with Crippen molar-refractivity contribution in [3.63, 3.8) is 0 Å². The van der Waals surface area contributed by atoms with Gasteiger partial charge in [-0.25, -0.2) is 4.39 Å². The molecule has 22 heteroatoms. The summed E-state index contributed by atoms with van der Waals surface area (Å²) in [6.07, 6.45) is -4.79. The number of nitrogens with zero attached hydrogens (tertiary/aromatic N) is 5. The summed E-state index contributed by atoms with van der Waals surface area (Å²) in [5.41, 5.74) is 0.127. The SMILES string of the molecule is CO[C@]1(C)C[C@H](O[C@H]2[C@H](C)[C@@H](O[C@@H]3O[C@H](C)C[C@H](N(C)CCc4cn(CCCOc5ccc(-c6ccc(-c7ccc(CNCCCF)cc7)c(F)c6)cc5)nn4)[C@H]3O)[C@](C)(O)C[C@@H](C)CN(C)[C@H](C)[C@@H](O)[C@](C)(O)[C@@H](I)OC(=O)[C@@H]2C)O[C@@H](C)[C@@H]1O. The first-order valence-electron chi connectivity index (χ1n) is 30.3. The second kappa shape index (κ2) is 30.8. The molecule has 86 heavy (non-hydrogen) atoms. The van der Waals surface area contributed by atoms with E-state index in [-0.39, 0.29) is 37.4 Å². The van der Waals surface area contributed by atoms with Crippen LogP contribution in [0.3, 0.4) is 0 Å². The van der Waals surface area contributed by atoms with Crippen LogP contribution >= 0.6 is 22.6 Å². The molecule has 6 N–H and O–H groups in total. The normalized spacial score (nSPS) is 34.6. The van der Waals surface area contributed by atoms with E-state index < -0.39 is 100 Å². The van der Waals surface area contributed by atoms with Crippen LogP contribution in [0.15, 0.2) is 72.9 Å². The van der Waals surface area contributed by atoms with Crippen molar-refractivity contribution in [2.45, 2.75) is 202 Å². The second-order valence-corrected chi connectivity index (χ2v) is 26.3. The Morgan fingerprint density at radius 2 is 1.58 bits per heavy atom. The Balaban J connectivity index is 0.976. The Morgan fingerprint density at radius 1 is 0.895 bits per heavy atom. The Hall–Kier alpha value is -3.86. The Bertz CT molecular complexity index is 2750. The van der Waals surface area contributed by atoms with Crippen LogP contribution in [-0.2, 0) is 52.7 Å². The monoisotopic (exact) mass is 1320 g/mol. The highest BCUT2D eigenvalue weighted by Gasteiger charge is 2.53. The van der Waals surface area contributed by atoms with Crippen molar-refractivity contribution in [3.05, 3.63) is 90.0 Å². The molecule has 18 atom stereocenters. The van der Waals surface area contributed by atoms with E-state index in [2.05, 4.69) is 20.5 Å². The quantitative estimate of drug-likeness (QED) is 0.0205. The predicted molar refractivity (Wildman–Crippen MR) is 330 cm³/mol. The first-order valence-corrected chi connectivity index (χ1v) is 31.6. The third-order valence-corrected chi connectivity index (χ3v) is 19.4. The number of cyclic esters (lactones) is 1. The van der Waals surface area contributed by atoms with E-state index in [1.807, 2.05) is 116 Å². The van der Waals surface area contributed by atoms with Gasteiger partial charge in [0.1, 0.15) is 35.5 Å². The minimum Gasteiger partial charge on any atom is -0.494 e. The molecule has 19 nitrogen and oxygen atoms in total. The van der Waals surface area contributed by atoms with Gasteiger partial charge in [0.2, 0.25) is 0 Å². The molecule has 3 aromatic carbocycles. The van der Waals surface area contributed by atoms with Crippen molar-refractivity contribution < 1.29 is 72.3 Å². The number of aromatic nitrogens is 3. The minimum atomic E-state index is -1.87. The van der Waals surface area contributed by atoms with Gasteiger partial charge in [-0.1, -0.05) is 67.6 Å². The highest BCUT2D eigenvalue weighted by molar-refractivity contribution is 14.1. The molecule has 0 saturated carbocycles. The summed E-state index contributed by atoms with van der Waals surface area (Å²) in [6.45, 7) is 18.5. The van der Waals surface area contributed by atoms with E-state index in [1.165, 1.54) is 14.0 Å². The molecule has 4 heterocycles. The summed E-state index contributed by atoms with van der Waals surface area (Å²) in [5.74, 6) is -2.50. The van der Waals surface area contributed by atoms with Gasteiger partial charge in [-0.05, 0) is 157 Å². The van der Waals surface area contributed by atoms with Gasteiger partial charge in [0.15, 0.2) is 16.7 Å². The lowest BCUT2D eigenvalue weighted by atomic mass is 9.77. The van der Waals surface area contributed by atoms with Crippen molar-refractivity contribution in [3.8, 4) is 28.0 Å². The number of ether oxygens (including phenoxy) is 7. The molecule has 3 saturated heterocycles. The Morgan fingerprint density at radius 3 is 2.26 bits per heavy atom. The van der Waals surface area contributed by atoms with Gasteiger partial charge in [0, 0.05) is 82.3 Å². The molecule has 7 rings (SSSR count). The molecule has 0 amide bonds. The largest absolute Gasteiger partial charge is 0.494 e. The summed E-state index contributed by atoms with van der Waals surface area (Å²) < 4.78 is 72.6. The lowest BCUT2D eigenvalue weighted by molar-refractivity contribution is -0.318. The number of rotatable bonds is 21. The van der Waals surface area contributed by atoms with E-state index in [0.717, 1.165) is 27.9 Å². The number of aliphatic hydroxyl groups is 5. The summed E-state index contributed by atoms with van der Waals surface area (Å²) >= 11 is 1.83. The first-order chi connectivity index (χ1) is 40.7. The molecular weight excluding hydrogens is 1230 g/mol. The fourth-order valence-electron chi connectivity index (χ4n) is 12.4. The molecule has 3 aliphatic rings. The van der Waals surface area contributed by atoms with E-state index in [1.54, 1.807) is 58.4 Å². The number of aliphatic hydroxyl groups excluding tert-OH is 3. The number of hydrogen-bond acceptors (Lipinski definition) is 18. The van der Waals surface area contributed by atoms with Gasteiger partial charge in [-0.3, -0.25) is 13.9 Å². The average Bonchev–Trinajstić information content (AvgIpc) is 1.28. The Labute approximate surface area is 520 Å². The molecule has 3 aliphatic heterocycles. The fraction of sp³-hybridized carbons (Fsp3) is 0.672. The van der Waals surface area contributed by atoms with Gasteiger partial charge in [-0.2, -0.15) is 0 Å². The zero-order chi connectivity index (χ0) is 62.8. The molecule has 3 fully saturated rings. The smallest absolute Gasteiger partial charge is 0.312 e. The third-order valence-electron chi connectivity index (χ3n) is 17.9. The number of esters is 1. The van der Waals surface area contributed by atoms with Gasteiger partial charge in [0.25, 0.3) is 0 Å². The van der Waals surface area contributed by atoms with Crippen LogP contribution in [0.25, 0.3) is 22.3 Å². The standard InChI is InChI=1S/C64H95F2IN6O13/c1-38-33-62(7,78)58(40(3)55(84-53-34-63(8,80-12)57(76)43(6)83-53)41(4)59(77)86-61(67)64(9,79)56(75)42(5)72(11)36-38)85-60-54(74)52(31-39(2)82-60)71(10)29-25-48-37-73(70-69-48)28-14-30-81-49-22-19-45(20-23-49)47-21-24-50(51(66)32-47)46-17-15-44(16-18-46)35-68-27-13-26-65/h15-24,32,37-43,52-58,60-61,68,74-76,78-79H,13-14,25-31,33-36H2,1-12H3/t38-,39-,40+,41-,42-,43+,52+,53+,54-,55+,56-,57+,58-,60+,61+,62-,63-,64+/m1/s1. The van der Waals surface area contributed by atoms with Gasteiger partial charge >= 0.3 is 5.97 Å². The maximum Gasteiger partial charge on any atom is 0.312 e. The number of carbonyl (C=O) groups is 1. The predicted octanol–water partition coefficient (Wildman–Crippen LogP) is 7.48. The molecule has 0 spiro atoms. The number of alkyl halides is 2. The highest BCUT2D eigenvalue weighted by atomic mass is 127. The topological polar surface area (TPSA) is 232 Å². The number of methoxy groups -OCH3 is 1. The van der Waals surface area contributed by atoms with Crippen molar-refractivity contribution in [1.82, 2.24) is 30.1 Å². The lowest BCUT2D eigenvalue weighted by Crippen LogP contribution is -2.60.